The molecule has 1 fully saturated rings. The van der Waals surface area contributed by atoms with Crippen LogP contribution in [0.15, 0.2) is 77.3 Å². The molecule has 1 aliphatic carbocycles. The van der Waals surface area contributed by atoms with Gasteiger partial charge < -0.3 is 10.2 Å². The van der Waals surface area contributed by atoms with Crippen LogP contribution >= 0.6 is 50.9 Å². The number of benzene rings is 3. The van der Waals surface area contributed by atoms with Crippen molar-refractivity contribution in [2.45, 2.75) is 56.5 Å². The third-order valence-corrected chi connectivity index (χ3v) is 8.91. The van der Waals surface area contributed by atoms with E-state index in [2.05, 4.69) is 21.2 Å². The van der Waals surface area contributed by atoms with Gasteiger partial charge in [-0.3, -0.25) is 9.59 Å². The van der Waals surface area contributed by atoms with E-state index in [1.807, 2.05) is 66.7 Å². The molecule has 2 amide bonds. The lowest BCUT2D eigenvalue weighted by atomic mass is 10.0. The van der Waals surface area contributed by atoms with Gasteiger partial charge in [-0.2, -0.15) is 0 Å². The number of carbonyl (C=O) groups is 2. The second kappa shape index (κ2) is 14.4. The smallest absolute Gasteiger partial charge is 0.243 e. The summed E-state index contributed by atoms with van der Waals surface area (Å²) in [5, 5.41) is 4.26. The summed E-state index contributed by atoms with van der Waals surface area (Å²) >= 11 is 17.3. The van der Waals surface area contributed by atoms with E-state index in [0.29, 0.717) is 28.8 Å². The molecule has 4 rings (SSSR count). The van der Waals surface area contributed by atoms with Crippen molar-refractivity contribution in [2.75, 3.05) is 5.75 Å². The summed E-state index contributed by atoms with van der Waals surface area (Å²) in [4.78, 5) is 29.3. The lowest BCUT2D eigenvalue weighted by Gasteiger charge is -2.32. The van der Waals surface area contributed by atoms with E-state index in [1.165, 1.54) is 11.8 Å². The molecule has 38 heavy (non-hydrogen) atoms. The van der Waals surface area contributed by atoms with Gasteiger partial charge in [0.1, 0.15) is 6.04 Å². The average molecular weight is 634 g/mol. The molecule has 1 aliphatic rings. The fourth-order valence-electron chi connectivity index (χ4n) is 4.72. The number of halogens is 3. The van der Waals surface area contributed by atoms with Crippen LogP contribution in [0, 0.1) is 0 Å². The van der Waals surface area contributed by atoms with Crippen molar-refractivity contribution in [3.63, 3.8) is 0 Å². The molecule has 200 valence electrons. The van der Waals surface area contributed by atoms with E-state index in [9.17, 15) is 9.59 Å². The van der Waals surface area contributed by atoms with Crippen LogP contribution in [0.4, 0.5) is 0 Å². The van der Waals surface area contributed by atoms with Gasteiger partial charge in [0, 0.05) is 29.2 Å². The van der Waals surface area contributed by atoms with Crippen molar-refractivity contribution in [1.82, 2.24) is 10.2 Å². The number of carbonyl (C=O) groups excluding carboxylic acids is 2. The summed E-state index contributed by atoms with van der Waals surface area (Å²) in [5.41, 5.74) is 2.99. The van der Waals surface area contributed by atoms with Crippen molar-refractivity contribution in [2.24, 2.45) is 0 Å². The highest BCUT2D eigenvalue weighted by molar-refractivity contribution is 9.10. The largest absolute Gasteiger partial charge is 0.352 e. The number of hydrogen-bond donors (Lipinski definition) is 1. The summed E-state index contributed by atoms with van der Waals surface area (Å²) in [7, 11) is 0. The Morgan fingerprint density at radius 2 is 1.66 bits per heavy atom. The van der Waals surface area contributed by atoms with Gasteiger partial charge in [-0.15, -0.1) is 11.8 Å². The number of rotatable bonds is 11. The van der Waals surface area contributed by atoms with Crippen molar-refractivity contribution >= 4 is 62.7 Å². The van der Waals surface area contributed by atoms with Gasteiger partial charge in [-0.25, -0.2) is 0 Å². The van der Waals surface area contributed by atoms with Gasteiger partial charge in [0.2, 0.25) is 11.8 Å². The van der Waals surface area contributed by atoms with E-state index in [4.69, 9.17) is 23.2 Å². The van der Waals surface area contributed by atoms with Crippen LogP contribution in [-0.2, 0) is 28.3 Å². The standard InChI is InChI=1S/C30H31BrCl2N2O2S/c31-24-10-6-9-22(15-24)18-35(29(36)20-38-19-23-13-14-26(32)27(33)16-23)28(17-21-7-2-1-3-8-21)30(37)34-25-11-4-5-12-25/h1-3,6-10,13-16,25,28H,4-5,11-12,17-20H2,(H,34,37)/t28-/m1/s1. The SMILES string of the molecule is O=C(NC1CCCC1)[C@@H](Cc1ccccc1)N(Cc1cccc(Br)c1)C(=O)CSCc1ccc(Cl)c(Cl)c1. The first-order valence-electron chi connectivity index (χ1n) is 12.8. The first-order chi connectivity index (χ1) is 18.4. The number of thioether (sulfide) groups is 1. The molecule has 0 unspecified atom stereocenters. The van der Waals surface area contributed by atoms with Crippen LogP contribution in [0.25, 0.3) is 0 Å². The highest BCUT2D eigenvalue weighted by Gasteiger charge is 2.32. The number of nitrogens with one attached hydrogen (secondary N) is 1. The predicted octanol–water partition coefficient (Wildman–Crippen LogP) is 7.69. The van der Waals surface area contributed by atoms with Crippen molar-refractivity contribution in [3.05, 3.63) is 104 Å². The minimum Gasteiger partial charge on any atom is -0.352 e. The highest BCUT2D eigenvalue weighted by Crippen LogP contribution is 2.26. The Morgan fingerprint density at radius 3 is 2.37 bits per heavy atom. The monoisotopic (exact) mass is 632 g/mol. The van der Waals surface area contributed by atoms with Crippen LogP contribution < -0.4 is 5.32 Å². The molecule has 0 saturated heterocycles. The quantitative estimate of drug-likeness (QED) is 0.236. The summed E-state index contributed by atoms with van der Waals surface area (Å²) in [6, 6.07) is 22.9. The van der Waals surface area contributed by atoms with Gasteiger partial charge >= 0.3 is 0 Å². The molecule has 0 aromatic heterocycles. The second-order valence-corrected chi connectivity index (χ2v) is 12.3. The molecule has 0 spiro atoms. The average Bonchev–Trinajstić information content (AvgIpc) is 3.42. The molecular weight excluding hydrogens is 603 g/mol. The van der Waals surface area contributed by atoms with Gasteiger partial charge in [0.15, 0.2) is 0 Å². The van der Waals surface area contributed by atoms with Crippen molar-refractivity contribution in [3.8, 4) is 0 Å². The lowest BCUT2D eigenvalue weighted by Crippen LogP contribution is -2.52. The molecule has 4 nitrogen and oxygen atoms in total. The molecule has 0 heterocycles. The molecule has 8 heteroatoms. The molecule has 1 atom stereocenters. The van der Waals surface area contributed by atoms with E-state index in [0.717, 1.165) is 46.8 Å². The summed E-state index contributed by atoms with van der Waals surface area (Å²) in [6.45, 7) is 0.348. The molecule has 0 bridgehead atoms. The topological polar surface area (TPSA) is 49.4 Å². The Kier molecular flexibility index (Phi) is 11.0. The van der Waals surface area contributed by atoms with E-state index >= 15 is 0 Å². The lowest BCUT2D eigenvalue weighted by molar-refractivity contribution is -0.139. The van der Waals surface area contributed by atoms with Gasteiger partial charge in [-0.1, -0.05) is 101 Å². The fourth-order valence-corrected chi connectivity index (χ4v) is 6.35. The maximum absolute atomic E-state index is 13.8. The zero-order chi connectivity index (χ0) is 26.9. The molecule has 1 N–H and O–H groups in total. The first kappa shape index (κ1) is 29.0. The Balaban J connectivity index is 1.56. The summed E-state index contributed by atoms with van der Waals surface area (Å²) < 4.78 is 0.936. The van der Waals surface area contributed by atoms with Crippen LogP contribution in [0.3, 0.4) is 0 Å². The molecule has 3 aromatic carbocycles. The highest BCUT2D eigenvalue weighted by atomic mass is 79.9. The Hall–Kier alpha value is -1.99. The zero-order valence-electron chi connectivity index (χ0n) is 21.0. The number of nitrogens with zero attached hydrogens (tertiary/aromatic N) is 1. The minimum absolute atomic E-state index is 0.0717. The minimum atomic E-state index is -0.616. The molecular formula is C30H31BrCl2N2O2S. The summed E-state index contributed by atoms with van der Waals surface area (Å²) in [5.74, 6) is 0.706. The number of amides is 2. The van der Waals surface area contributed by atoms with Gasteiger partial charge in [-0.05, 0) is 53.8 Å². The Labute approximate surface area is 247 Å². The predicted molar refractivity (Wildman–Crippen MR) is 162 cm³/mol. The normalized spacial score (nSPS) is 14.3. The maximum Gasteiger partial charge on any atom is 0.243 e. The van der Waals surface area contributed by atoms with Crippen LogP contribution in [0.5, 0.6) is 0 Å². The fraction of sp³-hybridized carbons (Fsp3) is 0.333. The van der Waals surface area contributed by atoms with E-state index < -0.39 is 6.04 Å². The van der Waals surface area contributed by atoms with Crippen LogP contribution in [0.2, 0.25) is 10.0 Å². The molecule has 0 aliphatic heterocycles. The number of hydrogen-bond acceptors (Lipinski definition) is 3. The van der Waals surface area contributed by atoms with E-state index in [1.54, 1.807) is 11.0 Å². The third kappa shape index (κ3) is 8.51. The van der Waals surface area contributed by atoms with Crippen LogP contribution in [0.1, 0.15) is 42.4 Å². The molecule has 3 aromatic rings. The Morgan fingerprint density at radius 1 is 0.921 bits per heavy atom. The Bertz CT molecular complexity index is 1240. The third-order valence-electron chi connectivity index (χ3n) is 6.69. The maximum atomic E-state index is 13.8. The first-order valence-corrected chi connectivity index (χ1v) is 15.5. The van der Waals surface area contributed by atoms with E-state index in [-0.39, 0.29) is 23.6 Å². The van der Waals surface area contributed by atoms with Gasteiger partial charge in [0.05, 0.1) is 15.8 Å². The molecule has 0 radical (unpaired) electrons. The van der Waals surface area contributed by atoms with Gasteiger partial charge in [0.25, 0.3) is 0 Å². The zero-order valence-corrected chi connectivity index (χ0v) is 25.0. The van der Waals surface area contributed by atoms with Crippen molar-refractivity contribution in [1.29, 1.82) is 0 Å². The molecule has 1 saturated carbocycles. The van der Waals surface area contributed by atoms with Crippen molar-refractivity contribution < 1.29 is 9.59 Å². The second-order valence-electron chi connectivity index (χ2n) is 9.59. The van der Waals surface area contributed by atoms with Crippen LogP contribution in [-0.4, -0.2) is 34.6 Å². The summed E-state index contributed by atoms with van der Waals surface area (Å²) in [6.07, 6.45) is 4.68.